The largest absolute Gasteiger partial charge is 0.494 e. The van der Waals surface area contributed by atoms with Crippen LogP contribution in [0.15, 0.2) is 36.5 Å². The highest BCUT2D eigenvalue weighted by atomic mass is 32.1. The van der Waals surface area contributed by atoms with Crippen LogP contribution in [-0.2, 0) is 9.53 Å². The van der Waals surface area contributed by atoms with Crippen LogP contribution in [-0.4, -0.2) is 24.3 Å². The van der Waals surface area contributed by atoms with Crippen LogP contribution in [0.2, 0.25) is 0 Å². The molecule has 1 aromatic rings. The van der Waals surface area contributed by atoms with Gasteiger partial charge in [0.15, 0.2) is 5.11 Å². The van der Waals surface area contributed by atoms with E-state index in [1.807, 2.05) is 31.2 Å². The van der Waals surface area contributed by atoms with Crippen LogP contribution in [0.5, 0.6) is 5.75 Å². The van der Waals surface area contributed by atoms with Crippen LogP contribution in [0, 0.1) is 5.92 Å². The summed E-state index contributed by atoms with van der Waals surface area (Å²) in [5, 5.41) is 6.58. The first-order valence-electron chi connectivity index (χ1n) is 9.23. The summed E-state index contributed by atoms with van der Waals surface area (Å²) in [6.45, 7) is 9.04. The SMILES string of the molecule is C=C1NC(=S)N[C@H](c2ccccc2OCC)[C@H]1C(=O)OCCCCCC. The Hall–Kier alpha value is -2.08. The minimum Gasteiger partial charge on any atom is -0.494 e. The minimum atomic E-state index is -0.575. The van der Waals surface area contributed by atoms with E-state index in [-0.39, 0.29) is 12.0 Å². The van der Waals surface area contributed by atoms with Gasteiger partial charge in [0.2, 0.25) is 0 Å². The monoisotopic (exact) mass is 376 g/mol. The third kappa shape index (κ3) is 5.21. The Balaban J connectivity index is 2.17. The number of nitrogens with one attached hydrogen (secondary N) is 2. The van der Waals surface area contributed by atoms with Crippen LogP contribution in [0.25, 0.3) is 0 Å². The fourth-order valence-electron chi connectivity index (χ4n) is 3.04. The first-order chi connectivity index (χ1) is 12.6. The molecule has 2 atom stereocenters. The summed E-state index contributed by atoms with van der Waals surface area (Å²) in [6, 6.07) is 7.28. The molecule has 0 saturated carbocycles. The molecule has 142 valence electrons. The number of unbranched alkanes of at least 4 members (excludes halogenated alkanes) is 3. The Kier molecular flexibility index (Phi) is 7.91. The summed E-state index contributed by atoms with van der Waals surface area (Å²) in [7, 11) is 0. The van der Waals surface area contributed by atoms with Crippen molar-refractivity contribution < 1.29 is 14.3 Å². The fourth-order valence-corrected chi connectivity index (χ4v) is 3.29. The number of para-hydroxylation sites is 1. The van der Waals surface area contributed by atoms with Crippen LogP contribution < -0.4 is 15.4 Å². The zero-order valence-electron chi connectivity index (χ0n) is 15.5. The Labute approximate surface area is 161 Å². The number of hydrogen-bond acceptors (Lipinski definition) is 4. The Bertz CT molecular complexity index is 648. The van der Waals surface area contributed by atoms with Crippen LogP contribution in [0.3, 0.4) is 0 Å². The molecule has 1 aromatic carbocycles. The topological polar surface area (TPSA) is 59.6 Å². The molecule has 2 N–H and O–H groups in total. The normalized spacial score (nSPS) is 19.5. The number of ether oxygens (including phenoxy) is 2. The first-order valence-corrected chi connectivity index (χ1v) is 9.64. The molecule has 6 heteroatoms. The summed E-state index contributed by atoms with van der Waals surface area (Å²) in [6.07, 6.45) is 4.23. The molecule has 0 aliphatic carbocycles. The molecule has 1 fully saturated rings. The third-order valence-electron chi connectivity index (χ3n) is 4.32. The van der Waals surface area contributed by atoms with Crippen molar-refractivity contribution in [2.24, 2.45) is 5.92 Å². The molecule has 1 aliphatic heterocycles. The first kappa shape index (κ1) is 20.2. The lowest BCUT2D eigenvalue weighted by Gasteiger charge is -2.35. The van der Waals surface area contributed by atoms with Crippen LogP contribution in [0.4, 0.5) is 0 Å². The Morgan fingerprint density at radius 1 is 1.23 bits per heavy atom. The van der Waals surface area contributed by atoms with E-state index in [0.717, 1.165) is 37.0 Å². The maximum Gasteiger partial charge on any atom is 0.317 e. The minimum absolute atomic E-state index is 0.301. The molecule has 0 radical (unpaired) electrons. The lowest BCUT2D eigenvalue weighted by Crippen LogP contribution is -2.51. The van der Waals surface area contributed by atoms with Crippen LogP contribution >= 0.6 is 12.2 Å². The van der Waals surface area contributed by atoms with Crippen molar-refractivity contribution in [3.05, 3.63) is 42.1 Å². The summed E-state index contributed by atoms with van der Waals surface area (Å²) < 4.78 is 11.3. The second-order valence-electron chi connectivity index (χ2n) is 6.28. The zero-order valence-corrected chi connectivity index (χ0v) is 16.4. The molecule has 0 aromatic heterocycles. The van der Waals surface area contributed by atoms with Gasteiger partial charge in [0.1, 0.15) is 11.7 Å². The molecule has 1 heterocycles. The molecule has 1 saturated heterocycles. The van der Waals surface area contributed by atoms with E-state index in [1.54, 1.807) is 0 Å². The van der Waals surface area contributed by atoms with Gasteiger partial charge in [-0.2, -0.15) is 0 Å². The summed E-state index contributed by atoms with van der Waals surface area (Å²) >= 11 is 5.27. The van der Waals surface area contributed by atoms with Gasteiger partial charge >= 0.3 is 5.97 Å². The Morgan fingerprint density at radius 3 is 2.73 bits per heavy atom. The van der Waals surface area contributed by atoms with Gasteiger partial charge in [0.25, 0.3) is 0 Å². The number of esters is 1. The lowest BCUT2D eigenvalue weighted by atomic mass is 9.88. The number of carbonyl (C=O) groups excluding carboxylic acids is 1. The smallest absolute Gasteiger partial charge is 0.317 e. The number of thiocarbonyl (C=S) groups is 1. The number of benzene rings is 1. The van der Waals surface area contributed by atoms with Gasteiger partial charge in [-0.15, -0.1) is 0 Å². The van der Waals surface area contributed by atoms with Crippen molar-refractivity contribution in [3.8, 4) is 5.75 Å². The highest BCUT2D eigenvalue weighted by Gasteiger charge is 2.39. The van der Waals surface area contributed by atoms with Gasteiger partial charge in [-0.1, -0.05) is 51.0 Å². The van der Waals surface area contributed by atoms with Gasteiger partial charge in [0, 0.05) is 11.3 Å². The molecule has 1 aliphatic rings. The maximum atomic E-state index is 12.8. The molecule has 0 bridgehead atoms. The van der Waals surface area contributed by atoms with Gasteiger partial charge in [-0.25, -0.2) is 0 Å². The van der Waals surface area contributed by atoms with Crippen molar-refractivity contribution in [1.29, 1.82) is 0 Å². The molecule has 26 heavy (non-hydrogen) atoms. The number of hydrogen-bond donors (Lipinski definition) is 2. The molecule has 0 unspecified atom stereocenters. The Morgan fingerprint density at radius 2 is 2.00 bits per heavy atom. The fraction of sp³-hybridized carbons (Fsp3) is 0.500. The zero-order chi connectivity index (χ0) is 18.9. The summed E-state index contributed by atoms with van der Waals surface area (Å²) in [5.74, 6) is -0.148. The average molecular weight is 377 g/mol. The summed E-state index contributed by atoms with van der Waals surface area (Å²) in [5.41, 5.74) is 1.41. The molecule has 0 amide bonds. The van der Waals surface area contributed by atoms with Gasteiger partial charge < -0.3 is 20.1 Å². The highest BCUT2D eigenvalue weighted by Crippen LogP contribution is 2.35. The van der Waals surface area contributed by atoms with E-state index in [1.165, 1.54) is 0 Å². The molecule has 0 spiro atoms. The maximum absolute atomic E-state index is 12.8. The van der Waals surface area contributed by atoms with Crippen molar-refractivity contribution in [2.75, 3.05) is 13.2 Å². The van der Waals surface area contributed by atoms with Crippen molar-refractivity contribution in [2.45, 2.75) is 45.6 Å². The second-order valence-corrected chi connectivity index (χ2v) is 6.69. The van der Waals surface area contributed by atoms with E-state index in [2.05, 4.69) is 24.1 Å². The average Bonchev–Trinajstić information content (AvgIpc) is 2.61. The van der Waals surface area contributed by atoms with Gasteiger partial charge in [0.05, 0.1) is 19.3 Å². The quantitative estimate of drug-likeness (QED) is 0.388. The summed E-state index contributed by atoms with van der Waals surface area (Å²) in [4.78, 5) is 12.8. The van der Waals surface area contributed by atoms with Crippen molar-refractivity contribution >= 4 is 23.3 Å². The molecular weight excluding hydrogens is 348 g/mol. The lowest BCUT2D eigenvalue weighted by molar-refractivity contribution is -0.148. The molecular formula is C20H28N2O3S. The standard InChI is InChI=1S/C20H28N2O3S/c1-4-6-7-10-13-25-19(23)17-14(3)21-20(26)22-18(17)15-11-8-9-12-16(15)24-5-2/h8-9,11-12,17-18H,3-7,10,13H2,1-2H3,(H2,21,22,26)/t17-,18+/m0/s1. The third-order valence-corrected chi connectivity index (χ3v) is 4.54. The van der Waals surface area contributed by atoms with Crippen molar-refractivity contribution in [3.63, 3.8) is 0 Å². The van der Waals surface area contributed by atoms with E-state index >= 15 is 0 Å². The van der Waals surface area contributed by atoms with Crippen LogP contribution in [0.1, 0.15) is 51.1 Å². The predicted molar refractivity (Wildman–Crippen MR) is 107 cm³/mol. The number of carbonyl (C=O) groups is 1. The van der Waals surface area contributed by atoms with E-state index in [9.17, 15) is 4.79 Å². The predicted octanol–water partition coefficient (Wildman–Crippen LogP) is 3.86. The van der Waals surface area contributed by atoms with Crippen molar-refractivity contribution in [1.82, 2.24) is 10.6 Å². The second kappa shape index (κ2) is 10.2. The van der Waals surface area contributed by atoms with E-state index in [4.69, 9.17) is 21.7 Å². The van der Waals surface area contributed by atoms with E-state index in [0.29, 0.717) is 24.0 Å². The van der Waals surface area contributed by atoms with E-state index < -0.39 is 5.92 Å². The number of rotatable bonds is 9. The highest BCUT2D eigenvalue weighted by molar-refractivity contribution is 7.80. The van der Waals surface area contributed by atoms with Gasteiger partial charge in [-0.3, -0.25) is 4.79 Å². The molecule has 5 nitrogen and oxygen atoms in total. The molecule has 2 rings (SSSR count). The van der Waals surface area contributed by atoms with Gasteiger partial charge in [-0.05, 0) is 31.6 Å².